The molecule has 3 rings (SSSR count). The smallest absolute Gasteiger partial charge is 0.133 e. The van der Waals surface area contributed by atoms with Crippen LogP contribution in [0.2, 0.25) is 0 Å². The minimum atomic E-state index is -0.584. The summed E-state index contributed by atoms with van der Waals surface area (Å²) in [5.74, 6) is 0.320. The van der Waals surface area contributed by atoms with Crippen molar-refractivity contribution >= 4 is 24.3 Å². The second-order valence-electron chi connectivity index (χ2n) is 7.33. The van der Waals surface area contributed by atoms with Gasteiger partial charge in [-0.1, -0.05) is 79.9 Å². The zero-order chi connectivity index (χ0) is 18.2. The van der Waals surface area contributed by atoms with Crippen LogP contribution in [0.4, 0.5) is 0 Å². The van der Waals surface area contributed by atoms with Crippen LogP contribution in [0.5, 0.6) is 0 Å². The van der Waals surface area contributed by atoms with Crippen molar-refractivity contribution < 1.29 is 9.90 Å². The SMILES string of the molecule is O=C(CCCO)CC1(P(c2ccccc2)c2ccccc2)CCCCC1. The van der Waals surface area contributed by atoms with Gasteiger partial charge in [-0.05, 0) is 37.8 Å². The minimum Gasteiger partial charge on any atom is -0.396 e. The van der Waals surface area contributed by atoms with E-state index < -0.39 is 7.92 Å². The number of aliphatic hydroxyl groups excluding tert-OH is 1. The van der Waals surface area contributed by atoms with Crippen LogP contribution >= 0.6 is 7.92 Å². The molecule has 0 saturated heterocycles. The summed E-state index contributed by atoms with van der Waals surface area (Å²) in [4.78, 5) is 12.7. The zero-order valence-corrected chi connectivity index (χ0v) is 16.3. The van der Waals surface area contributed by atoms with Gasteiger partial charge in [-0.25, -0.2) is 0 Å². The molecule has 0 amide bonds. The lowest BCUT2D eigenvalue weighted by molar-refractivity contribution is -0.120. The summed E-state index contributed by atoms with van der Waals surface area (Å²) in [5, 5.41) is 11.9. The van der Waals surface area contributed by atoms with Crippen LogP contribution in [0.3, 0.4) is 0 Å². The molecule has 2 aromatic carbocycles. The van der Waals surface area contributed by atoms with E-state index in [0.717, 1.165) is 12.8 Å². The zero-order valence-electron chi connectivity index (χ0n) is 15.4. The summed E-state index contributed by atoms with van der Waals surface area (Å²) < 4.78 is 0. The number of hydrogen-bond acceptors (Lipinski definition) is 2. The van der Waals surface area contributed by atoms with E-state index in [0.29, 0.717) is 25.0 Å². The van der Waals surface area contributed by atoms with Crippen LogP contribution in [0.15, 0.2) is 60.7 Å². The molecular weight excluding hydrogens is 339 g/mol. The van der Waals surface area contributed by atoms with Gasteiger partial charge >= 0.3 is 0 Å². The third kappa shape index (κ3) is 4.61. The third-order valence-corrected chi connectivity index (χ3v) is 8.61. The van der Waals surface area contributed by atoms with E-state index in [1.54, 1.807) is 0 Å². The molecule has 0 atom stereocenters. The van der Waals surface area contributed by atoms with Gasteiger partial charge in [0.15, 0.2) is 0 Å². The largest absolute Gasteiger partial charge is 0.396 e. The van der Waals surface area contributed by atoms with Gasteiger partial charge in [0.1, 0.15) is 5.78 Å². The van der Waals surface area contributed by atoms with Crippen LogP contribution < -0.4 is 10.6 Å². The Kier molecular flexibility index (Phi) is 7.00. The fraction of sp³-hybridized carbons (Fsp3) is 0.435. The van der Waals surface area contributed by atoms with E-state index in [9.17, 15) is 4.79 Å². The summed E-state index contributed by atoms with van der Waals surface area (Å²) in [6.45, 7) is 0.102. The highest BCUT2D eigenvalue weighted by molar-refractivity contribution is 7.74. The van der Waals surface area contributed by atoms with Gasteiger partial charge in [-0.15, -0.1) is 0 Å². The van der Waals surface area contributed by atoms with Crippen molar-refractivity contribution in [2.24, 2.45) is 0 Å². The molecule has 1 saturated carbocycles. The normalized spacial score (nSPS) is 16.5. The maximum atomic E-state index is 12.7. The number of ketones is 1. The number of benzene rings is 2. The molecule has 138 valence electrons. The Morgan fingerprint density at radius 2 is 1.42 bits per heavy atom. The Balaban J connectivity index is 2.00. The first-order valence-electron chi connectivity index (χ1n) is 9.78. The minimum absolute atomic E-state index is 0.0584. The second kappa shape index (κ2) is 9.44. The van der Waals surface area contributed by atoms with Gasteiger partial charge < -0.3 is 5.11 Å². The lowest BCUT2D eigenvalue weighted by Crippen LogP contribution is -2.39. The van der Waals surface area contributed by atoms with Gasteiger partial charge in [0.05, 0.1) is 0 Å². The summed E-state index contributed by atoms with van der Waals surface area (Å²) in [6, 6.07) is 21.6. The van der Waals surface area contributed by atoms with Crippen molar-refractivity contribution in [2.45, 2.75) is 56.5 Å². The molecule has 2 aromatic rings. The number of aliphatic hydroxyl groups is 1. The highest BCUT2D eigenvalue weighted by atomic mass is 31.1. The van der Waals surface area contributed by atoms with Gasteiger partial charge in [-0.3, -0.25) is 4.79 Å². The highest BCUT2D eigenvalue weighted by Gasteiger charge is 2.42. The summed E-state index contributed by atoms with van der Waals surface area (Å²) in [5.41, 5.74) is 0. The van der Waals surface area contributed by atoms with E-state index >= 15 is 0 Å². The number of hydrogen-bond donors (Lipinski definition) is 1. The first-order valence-corrected chi connectivity index (χ1v) is 11.1. The molecule has 0 heterocycles. The monoisotopic (exact) mass is 368 g/mol. The summed E-state index contributed by atoms with van der Waals surface area (Å²) in [7, 11) is -0.584. The molecule has 3 heteroatoms. The topological polar surface area (TPSA) is 37.3 Å². The quantitative estimate of drug-likeness (QED) is 0.694. The predicted molar refractivity (Wildman–Crippen MR) is 111 cm³/mol. The van der Waals surface area contributed by atoms with E-state index in [1.807, 2.05) is 0 Å². The van der Waals surface area contributed by atoms with E-state index in [4.69, 9.17) is 5.11 Å². The number of carbonyl (C=O) groups excluding carboxylic acids is 1. The average Bonchev–Trinajstić information content (AvgIpc) is 2.69. The molecular formula is C23H29O2P. The van der Waals surface area contributed by atoms with Crippen molar-refractivity contribution in [3.05, 3.63) is 60.7 Å². The van der Waals surface area contributed by atoms with Crippen LogP contribution in [0.25, 0.3) is 0 Å². The number of rotatable bonds is 8. The van der Waals surface area contributed by atoms with Crippen molar-refractivity contribution in [1.29, 1.82) is 0 Å². The van der Waals surface area contributed by atoms with Crippen molar-refractivity contribution in [2.75, 3.05) is 6.61 Å². The van der Waals surface area contributed by atoms with Crippen LogP contribution in [0, 0.1) is 0 Å². The molecule has 0 aromatic heterocycles. The lowest BCUT2D eigenvalue weighted by Gasteiger charge is -2.44. The Morgan fingerprint density at radius 1 is 0.885 bits per heavy atom. The summed E-state index contributed by atoms with van der Waals surface area (Å²) in [6.07, 6.45) is 7.72. The number of Topliss-reactive ketones (excluding diaryl/α,β-unsaturated/α-hetero) is 1. The van der Waals surface area contributed by atoms with Crippen LogP contribution in [-0.4, -0.2) is 22.7 Å². The fourth-order valence-electron chi connectivity index (χ4n) is 4.27. The van der Waals surface area contributed by atoms with E-state index in [1.165, 1.54) is 29.9 Å². The van der Waals surface area contributed by atoms with Gasteiger partial charge in [0.2, 0.25) is 0 Å². The van der Waals surface area contributed by atoms with Gasteiger partial charge in [-0.2, -0.15) is 0 Å². The maximum absolute atomic E-state index is 12.7. The second-order valence-corrected chi connectivity index (χ2v) is 9.99. The van der Waals surface area contributed by atoms with E-state index in [-0.39, 0.29) is 11.8 Å². The summed E-state index contributed by atoms with van der Waals surface area (Å²) >= 11 is 0. The first-order chi connectivity index (χ1) is 12.7. The van der Waals surface area contributed by atoms with Crippen molar-refractivity contribution in [3.63, 3.8) is 0 Å². The average molecular weight is 368 g/mol. The third-order valence-electron chi connectivity index (χ3n) is 5.43. The standard InChI is InChI=1S/C23H29O2P/c24-18-10-11-20(25)19-23(16-8-3-9-17-23)26(21-12-4-1-5-13-21)22-14-6-2-7-15-22/h1-2,4-7,12-15,24H,3,8-11,16-19H2. The predicted octanol–water partition coefficient (Wildman–Crippen LogP) is 4.55. The number of carbonyl (C=O) groups is 1. The lowest BCUT2D eigenvalue weighted by atomic mass is 9.84. The Morgan fingerprint density at radius 3 is 1.92 bits per heavy atom. The fourth-order valence-corrected chi connectivity index (χ4v) is 7.70. The maximum Gasteiger partial charge on any atom is 0.133 e. The molecule has 0 radical (unpaired) electrons. The van der Waals surface area contributed by atoms with Crippen molar-refractivity contribution in [1.82, 2.24) is 0 Å². The molecule has 0 spiro atoms. The first kappa shape index (κ1) is 19.3. The molecule has 0 aliphatic heterocycles. The Labute approximate surface area is 158 Å². The van der Waals surface area contributed by atoms with Gasteiger partial charge in [0.25, 0.3) is 0 Å². The molecule has 1 N–H and O–H groups in total. The Hall–Kier alpha value is -1.50. The van der Waals surface area contributed by atoms with Crippen molar-refractivity contribution in [3.8, 4) is 0 Å². The molecule has 2 nitrogen and oxygen atoms in total. The van der Waals surface area contributed by atoms with Crippen LogP contribution in [0.1, 0.15) is 51.4 Å². The molecule has 1 aliphatic carbocycles. The molecule has 26 heavy (non-hydrogen) atoms. The van der Waals surface area contributed by atoms with Crippen LogP contribution in [-0.2, 0) is 4.79 Å². The molecule has 0 bridgehead atoms. The van der Waals surface area contributed by atoms with Gasteiger partial charge in [0, 0.05) is 24.6 Å². The highest BCUT2D eigenvalue weighted by Crippen LogP contribution is 2.57. The molecule has 1 aliphatic rings. The van der Waals surface area contributed by atoms with E-state index in [2.05, 4.69) is 60.7 Å². The molecule has 0 unspecified atom stereocenters. The Bertz CT molecular complexity index is 638. The molecule has 1 fully saturated rings.